The van der Waals surface area contributed by atoms with Crippen molar-refractivity contribution in [2.75, 3.05) is 38.8 Å². The number of ether oxygens (including phenoxy) is 2. The van der Waals surface area contributed by atoms with Gasteiger partial charge in [0.2, 0.25) is 5.91 Å². The second-order valence-corrected chi connectivity index (χ2v) is 10.0. The number of rotatable bonds is 9. The molecule has 1 unspecified atom stereocenters. The molecule has 5 rings (SSSR count). The Kier molecular flexibility index (Phi) is 8.13. The van der Waals surface area contributed by atoms with Crippen LogP contribution in [0.3, 0.4) is 0 Å². The third-order valence-corrected chi connectivity index (χ3v) is 7.64. The Bertz CT molecular complexity index is 1360. The third-order valence-electron chi connectivity index (χ3n) is 6.70. The van der Waals surface area contributed by atoms with Gasteiger partial charge in [-0.25, -0.2) is 4.98 Å². The van der Waals surface area contributed by atoms with Gasteiger partial charge in [0.15, 0.2) is 17.3 Å². The van der Waals surface area contributed by atoms with Gasteiger partial charge in [-0.1, -0.05) is 30.3 Å². The first-order chi connectivity index (χ1) is 18.6. The maximum Gasteiger partial charge on any atom is 0.224 e. The number of hydrogen-bond donors (Lipinski definition) is 1. The van der Waals surface area contributed by atoms with Crippen LogP contribution in [0.15, 0.2) is 66.0 Å². The standard InChI is InChI=1S/C29H31N5O3S/c1-36-25-12-10-21(17-26(25)37-2)29-31-23(19-38-29)14-15-30-28(35)22-9-6-16-34(18-22)27-13-11-24(32-33-27)20-7-4-3-5-8-20/h3-5,7-8,10-13,17,19,22H,6,9,14-16,18H2,1-2H3,(H,30,35). The fourth-order valence-electron chi connectivity index (χ4n) is 4.64. The van der Waals surface area contributed by atoms with Crippen molar-refractivity contribution >= 4 is 23.1 Å². The highest BCUT2D eigenvalue weighted by molar-refractivity contribution is 7.13. The summed E-state index contributed by atoms with van der Waals surface area (Å²) in [5.74, 6) is 2.19. The summed E-state index contributed by atoms with van der Waals surface area (Å²) < 4.78 is 10.7. The number of nitrogens with zero attached hydrogens (tertiary/aromatic N) is 4. The molecule has 38 heavy (non-hydrogen) atoms. The van der Waals surface area contributed by atoms with Crippen LogP contribution in [0.4, 0.5) is 5.82 Å². The van der Waals surface area contributed by atoms with Crippen LogP contribution in [0, 0.1) is 5.92 Å². The molecule has 4 aromatic rings. The molecule has 1 saturated heterocycles. The predicted octanol–water partition coefficient (Wildman–Crippen LogP) is 4.86. The number of anilines is 1. The minimum Gasteiger partial charge on any atom is -0.493 e. The number of benzene rings is 2. The van der Waals surface area contributed by atoms with Crippen LogP contribution in [0.2, 0.25) is 0 Å². The van der Waals surface area contributed by atoms with Crippen LogP contribution in [0.25, 0.3) is 21.8 Å². The zero-order chi connectivity index (χ0) is 26.3. The van der Waals surface area contributed by atoms with Crippen LogP contribution in [0.1, 0.15) is 18.5 Å². The Balaban J connectivity index is 1.13. The number of nitrogens with one attached hydrogen (secondary N) is 1. The van der Waals surface area contributed by atoms with Crippen molar-refractivity contribution in [2.24, 2.45) is 5.92 Å². The summed E-state index contributed by atoms with van der Waals surface area (Å²) in [6.45, 7) is 2.07. The summed E-state index contributed by atoms with van der Waals surface area (Å²) in [5.41, 5.74) is 3.82. The molecule has 3 heterocycles. The van der Waals surface area contributed by atoms with Crippen molar-refractivity contribution < 1.29 is 14.3 Å². The highest BCUT2D eigenvalue weighted by Crippen LogP contribution is 2.33. The van der Waals surface area contributed by atoms with E-state index in [0.717, 1.165) is 52.7 Å². The predicted molar refractivity (Wildman–Crippen MR) is 150 cm³/mol. The normalized spacial score (nSPS) is 15.2. The first-order valence-corrected chi connectivity index (χ1v) is 13.6. The first-order valence-electron chi connectivity index (χ1n) is 12.7. The summed E-state index contributed by atoms with van der Waals surface area (Å²) >= 11 is 1.58. The number of amides is 1. The number of thiazole rings is 1. The molecule has 0 saturated carbocycles. The molecule has 1 N–H and O–H groups in total. The minimum atomic E-state index is -0.0721. The highest BCUT2D eigenvalue weighted by atomic mass is 32.1. The van der Waals surface area contributed by atoms with E-state index in [-0.39, 0.29) is 11.8 Å². The molecule has 0 bridgehead atoms. The molecule has 1 fully saturated rings. The van der Waals surface area contributed by atoms with E-state index in [4.69, 9.17) is 14.5 Å². The van der Waals surface area contributed by atoms with Crippen LogP contribution in [0.5, 0.6) is 11.5 Å². The summed E-state index contributed by atoms with van der Waals surface area (Å²) in [5, 5.41) is 14.9. The van der Waals surface area contributed by atoms with E-state index in [9.17, 15) is 4.79 Å². The topological polar surface area (TPSA) is 89.5 Å². The molecule has 9 heteroatoms. The van der Waals surface area contributed by atoms with Gasteiger partial charge in [0.05, 0.1) is 31.5 Å². The Morgan fingerprint density at radius 2 is 1.87 bits per heavy atom. The van der Waals surface area contributed by atoms with Crippen molar-refractivity contribution in [1.82, 2.24) is 20.5 Å². The van der Waals surface area contributed by atoms with Gasteiger partial charge in [0, 0.05) is 42.6 Å². The molecule has 2 aromatic carbocycles. The fraction of sp³-hybridized carbons (Fsp3) is 0.310. The average Bonchev–Trinajstić information content (AvgIpc) is 3.46. The lowest BCUT2D eigenvalue weighted by molar-refractivity contribution is -0.125. The Morgan fingerprint density at radius 3 is 2.63 bits per heavy atom. The second-order valence-electron chi connectivity index (χ2n) is 9.18. The quantitative estimate of drug-likeness (QED) is 0.331. The molecule has 0 radical (unpaired) electrons. The van der Waals surface area contributed by atoms with E-state index >= 15 is 0 Å². The molecular formula is C29H31N5O3S. The molecule has 0 spiro atoms. The maximum atomic E-state index is 12.9. The lowest BCUT2D eigenvalue weighted by Crippen LogP contribution is -2.43. The lowest BCUT2D eigenvalue weighted by Gasteiger charge is -2.32. The summed E-state index contributed by atoms with van der Waals surface area (Å²) in [4.78, 5) is 19.9. The molecule has 1 aliphatic heterocycles. The van der Waals surface area contributed by atoms with Crippen molar-refractivity contribution in [3.63, 3.8) is 0 Å². The molecule has 8 nitrogen and oxygen atoms in total. The number of aromatic nitrogens is 3. The largest absolute Gasteiger partial charge is 0.493 e. The van der Waals surface area contributed by atoms with Gasteiger partial charge in [-0.05, 0) is 43.2 Å². The van der Waals surface area contributed by atoms with E-state index in [0.29, 0.717) is 31.0 Å². The van der Waals surface area contributed by atoms with Gasteiger partial charge in [0.1, 0.15) is 5.01 Å². The molecule has 0 aliphatic carbocycles. The van der Waals surface area contributed by atoms with Crippen molar-refractivity contribution in [1.29, 1.82) is 0 Å². The molecule has 1 amide bonds. The second kappa shape index (κ2) is 12.0. The van der Waals surface area contributed by atoms with Gasteiger partial charge >= 0.3 is 0 Å². The number of piperidine rings is 1. The van der Waals surface area contributed by atoms with E-state index in [1.54, 1.807) is 25.6 Å². The van der Waals surface area contributed by atoms with Crippen LogP contribution in [-0.2, 0) is 11.2 Å². The van der Waals surface area contributed by atoms with Gasteiger partial charge in [-0.3, -0.25) is 4.79 Å². The summed E-state index contributed by atoms with van der Waals surface area (Å²) in [6, 6.07) is 19.8. The van der Waals surface area contributed by atoms with Gasteiger partial charge in [0.25, 0.3) is 0 Å². The van der Waals surface area contributed by atoms with Gasteiger partial charge in [-0.15, -0.1) is 21.5 Å². The third kappa shape index (κ3) is 5.94. The van der Waals surface area contributed by atoms with Crippen molar-refractivity contribution in [3.05, 3.63) is 71.7 Å². The molecule has 1 aliphatic rings. The van der Waals surface area contributed by atoms with Crippen LogP contribution < -0.4 is 19.7 Å². The number of hydrogen-bond acceptors (Lipinski definition) is 8. The zero-order valence-electron chi connectivity index (χ0n) is 21.6. The number of methoxy groups -OCH3 is 2. The van der Waals surface area contributed by atoms with E-state index in [2.05, 4.69) is 20.4 Å². The van der Waals surface area contributed by atoms with Crippen molar-refractivity contribution in [3.8, 4) is 33.3 Å². The van der Waals surface area contributed by atoms with E-state index in [1.165, 1.54) is 0 Å². The lowest BCUT2D eigenvalue weighted by atomic mass is 9.97. The summed E-state index contributed by atoms with van der Waals surface area (Å²) in [7, 11) is 3.24. The highest BCUT2D eigenvalue weighted by Gasteiger charge is 2.26. The first kappa shape index (κ1) is 25.7. The van der Waals surface area contributed by atoms with Gasteiger partial charge in [-0.2, -0.15) is 0 Å². The molecular weight excluding hydrogens is 498 g/mol. The van der Waals surface area contributed by atoms with Crippen LogP contribution >= 0.6 is 11.3 Å². The van der Waals surface area contributed by atoms with E-state index < -0.39 is 0 Å². The smallest absolute Gasteiger partial charge is 0.224 e. The Morgan fingerprint density at radius 1 is 1.03 bits per heavy atom. The number of carbonyl (C=O) groups excluding carboxylic acids is 1. The number of carbonyl (C=O) groups is 1. The van der Waals surface area contributed by atoms with Gasteiger partial charge < -0.3 is 19.7 Å². The Hall–Kier alpha value is -3.98. The van der Waals surface area contributed by atoms with E-state index in [1.807, 2.05) is 66.0 Å². The molecule has 196 valence electrons. The Labute approximate surface area is 226 Å². The SMILES string of the molecule is COc1ccc(-c2nc(CCNC(=O)C3CCCN(c4ccc(-c5ccccc5)nn4)C3)cs2)cc1OC. The molecule has 1 atom stereocenters. The zero-order valence-corrected chi connectivity index (χ0v) is 22.4. The monoisotopic (exact) mass is 529 g/mol. The van der Waals surface area contributed by atoms with Crippen molar-refractivity contribution in [2.45, 2.75) is 19.3 Å². The van der Waals surface area contributed by atoms with Crippen LogP contribution in [-0.4, -0.2) is 54.9 Å². The maximum absolute atomic E-state index is 12.9. The molecule has 2 aromatic heterocycles. The minimum absolute atomic E-state index is 0.0721. The summed E-state index contributed by atoms with van der Waals surface area (Å²) in [6.07, 6.45) is 2.50. The fourth-order valence-corrected chi connectivity index (χ4v) is 5.49. The average molecular weight is 530 g/mol.